The van der Waals surface area contributed by atoms with Crippen LogP contribution < -0.4 is 10.5 Å². The summed E-state index contributed by atoms with van der Waals surface area (Å²) in [5, 5.41) is 0. The molecule has 4 heteroatoms. The van der Waals surface area contributed by atoms with Crippen molar-refractivity contribution in [1.82, 2.24) is 0 Å². The highest BCUT2D eigenvalue weighted by Crippen LogP contribution is 2.31. The van der Waals surface area contributed by atoms with E-state index in [1.54, 1.807) is 18.2 Å². The number of benzene rings is 1. The van der Waals surface area contributed by atoms with Gasteiger partial charge in [0, 0.05) is 0 Å². The fourth-order valence-electron chi connectivity index (χ4n) is 1.51. The monoisotopic (exact) mass is 221 g/mol. The molecule has 0 saturated heterocycles. The Morgan fingerprint density at radius 2 is 2.12 bits per heavy atom. The molecule has 2 rings (SSSR count). The molecule has 2 aromatic rings. The molecule has 0 spiro atoms. The van der Waals surface area contributed by atoms with Gasteiger partial charge in [0.15, 0.2) is 0 Å². The molecular weight excluding hydrogens is 209 g/mol. The average Bonchev–Trinajstić information content (AvgIpc) is 2.77. The SMILES string of the molecule is COc1ccc(F)cc1-c1ccc(CN)o1. The Balaban J connectivity index is 2.49. The van der Waals surface area contributed by atoms with Crippen molar-refractivity contribution in [3.05, 3.63) is 41.9 Å². The quantitative estimate of drug-likeness (QED) is 0.866. The minimum Gasteiger partial charge on any atom is -0.496 e. The maximum absolute atomic E-state index is 13.1. The first kappa shape index (κ1) is 10.7. The first-order valence-electron chi connectivity index (χ1n) is 4.87. The Hall–Kier alpha value is -1.81. The predicted molar refractivity (Wildman–Crippen MR) is 58.5 cm³/mol. The van der Waals surface area contributed by atoms with E-state index >= 15 is 0 Å². The third kappa shape index (κ3) is 1.92. The number of rotatable bonds is 3. The minimum atomic E-state index is -0.332. The van der Waals surface area contributed by atoms with E-state index in [0.29, 0.717) is 29.4 Å². The molecule has 0 aliphatic carbocycles. The normalized spacial score (nSPS) is 10.4. The van der Waals surface area contributed by atoms with E-state index in [0.717, 1.165) is 0 Å². The van der Waals surface area contributed by atoms with Crippen LogP contribution >= 0.6 is 0 Å². The van der Waals surface area contributed by atoms with Gasteiger partial charge in [-0.3, -0.25) is 0 Å². The lowest BCUT2D eigenvalue weighted by Gasteiger charge is -2.05. The lowest BCUT2D eigenvalue weighted by Crippen LogP contribution is -1.92. The minimum absolute atomic E-state index is 0.317. The summed E-state index contributed by atoms with van der Waals surface area (Å²) in [5.74, 6) is 1.44. The van der Waals surface area contributed by atoms with Crippen LogP contribution in [0.2, 0.25) is 0 Å². The van der Waals surface area contributed by atoms with E-state index < -0.39 is 0 Å². The molecule has 0 saturated carbocycles. The third-order valence-electron chi connectivity index (χ3n) is 2.29. The number of methoxy groups -OCH3 is 1. The van der Waals surface area contributed by atoms with Crippen molar-refractivity contribution in [2.75, 3.05) is 7.11 Å². The largest absolute Gasteiger partial charge is 0.496 e. The van der Waals surface area contributed by atoms with Crippen LogP contribution in [-0.2, 0) is 6.54 Å². The number of hydrogen-bond acceptors (Lipinski definition) is 3. The molecule has 0 unspecified atom stereocenters. The molecule has 0 atom stereocenters. The van der Waals surface area contributed by atoms with Gasteiger partial charge in [0.2, 0.25) is 0 Å². The summed E-state index contributed by atoms with van der Waals surface area (Å²) in [7, 11) is 1.53. The molecular formula is C12H12FNO2. The highest BCUT2D eigenvalue weighted by molar-refractivity contribution is 5.66. The molecule has 84 valence electrons. The smallest absolute Gasteiger partial charge is 0.138 e. The molecule has 0 amide bonds. The predicted octanol–water partition coefficient (Wildman–Crippen LogP) is 2.55. The van der Waals surface area contributed by atoms with Crippen molar-refractivity contribution in [3.8, 4) is 17.1 Å². The van der Waals surface area contributed by atoms with Gasteiger partial charge in [-0.15, -0.1) is 0 Å². The summed E-state index contributed by atoms with van der Waals surface area (Å²) in [4.78, 5) is 0. The van der Waals surface area contributed by atoms with Crippen LogP contribution in [0.1, 0.15) is 5.76 Å². The Kier molecular flexibility index (Phi) is 2.92. The number of nitrogens with two attached hydrogens (primary N) is 1. The Labute approximate surface area is 92.6 Å². The molecule has 1 heterocycles. The first-order valence-corrected chi connectivity index (χ1v) is 4.87. The maximum atomic E-state index is 13.1. The second kappa shape index (κ2) is 4.37. The van der Waals surface area contributed by atoms with Crippen molar-refractivity contribution in [2.24, 2.45) is 5.73 Å². The molecule has 2 N–H and O–H groups in total. The van der Waals surface area contributed by atoms with Crippen molar-refractivity contribution < 1.29 is 13.5 Å². The molecule has 16 heavy (non-hydrogen) atoms. The van der Waals surface area contributed by atoms with Gasteiger partial charge >= 0.3 is 0 Å². The van der Waals surface area contributed by atoms with Crippen LogP contribution in [0.3, 0.4) is 0 Å². The van der Waals surface area contributed by atoms with Gasteiger partial charge in [0.25, 0.3) is 0 Å². The molecule has 0 aliphatic rings. The summed E-state index contributed by atoms with van der Waals surface area (Å²) in [6.07, 6.45) is 0. The van der Waals surface area contributed by atoms with Gasteiger partial charge in [0.05, 0.1) is 19.2 Å². The zero-order valence-corrected chi connectivity index (χ0v) is 8.87. The topological polar surface area (TPSA) is 48.4 Å². The first-order chi connectivity index (χ1) is 7.74. The van der Waals surface area contributed by atoms with Gasteiger partial charge < -0.3 is 14.9 Å². The molecule has 3 nitrogen and oxygen atoms in total. The second-order valence-electron chi connectivity index (χ2n) is 3.31. The third-order valence-corrected chi connectivity index (χ3v) is 2.29. The Bertz CT molecular complexity index is 494. The number of furan rings is 1. The Morgan fingerprint density at radius 1 is 1.31 bits per heavy atom. The van der Waals surface area contributed by atoms with Crippen LogP contribution in [0.25, 0.3) is 11.3 Å². The molecule has 1 aromatic carbocycles. The van der Waals surface area contributed by atoms with Gasteiger partial charge in [-0.2, -0.15) is 0 Å². The van der Waals surface area contributed by atoms with Gasteiger partial charge in [0.1, 0.15) is 23.1 Å². The van der Waals surface area contributed by atoms with Crippen LogP contribution in [0, 0.1) is 5.82 Å². The molecule has 0 fully saturated rings. The van der Waals surface area contributed by atoms with E-state index in [9.17, 15) is 4.39 Å². The zero-order valence-electron chi connectivity index (χ0n) is 8.87. The number of halogens is 1. The van der Waals surface area contributed by atoms with E-state index in [2.05, 4.69) is 0 Å². The van der Waals surface area contributed by atoms with Gasteiger partial charge in [-0.1, -0.05) is 0 Å². The van der Waals surface area contributed by atoms with E-state index in [1.807, 2.05) is 0 Å². The zero-order chi connectivity index (χ0) is 11.5. The van der Waals surface area contributed by atoms with Crippen molar-refractivity contribution >= 4 is 0 Å². The van der Waals surface area contributed by atoms with Crippen LogP contribution in [0.4, 0.5) is 4.39 Å². The molecule has 1 aromatic heterocycles. The lowest BCUT2D eigenvalue weighted by molar-refractivity contribution is 0.413. The number of hydrogen-bond donors (Lipinski definition) is 1. The number of ether oxygens (including phenoxy) is 1. The average molecular weight is 221 g/mol. The van der Waals surface area contributed by atoms with Gasteiger partial charge in [-0.05, 0) is 30.3 Å². The van der Waals surface area contributed by atoms with Crippen LogP contribution in [0.5, 0.6) is 5.75 Å². The second-order valence-corrected chi connectivity index (χ2v) is 3.31. The van der Waals surface area contributed by atoms with E-state index in [1.165, 1.54) is 19.2 Å². The van der Waals surface area contributed by atoms with Crippen molar-refractivity contribution in [1.29, 1.82) is 0 Å². The summed E-state index contributed by atoms with van der Waals surface area (Å²) < 4.78 is 23.7. The fourth-order valence-corrected chi connectivity index (χ4v) is 1.51. The summed E-state index contributed by atoms with van der Waals surface area (Å²) in [5.41, 5.74) is 6.03. The summed E-state index contributed by atoms with van der Waals surface area (Å²) >= 11 is 0. The van der Waals surface area contributed by atoms with Gasteiger partial charge in [-0.25, -0.2) is 4.39 Å². The summed E-state index contributed by atoms with van der Waals surface area (Å²) in [6, 6.07) is 7.79. The van der Waals surface area contributed by atoms with E-state index in [-0.39, 0.29) is 5.82 Å². The van der Waals surface area contributed by atoms with Crippen LogP contribution in [0.15, 0.2) is 34.7 Å². The van der Waals surface area contributed by atoms with Crippen LogP contribution in [-0.4, -0.2) is 7.11 Å². The highest BCUT2D eigenvalue weighted by Gasteiger charge is 2.10. The highest BCUT2D eigenvalue weighted by atomic mass is 19.1. The van der Waals surface area contributed by atoms with Crippen molar-refractivity contribution in [2.45, 2.75) is 6.54 Å². The Morgan fingerprint density at radius 3 is 2.75 bits per heavy atom. The molecule has 0 aliphatic heterocycles. The van der Waals surface area contributed by atoms with Crippen molar-refractivity contribution in [3.63, 3.8) is 0 Å². The lowest BCUT2D eigenvalue weighted by atomic mass is 10.1. The van der Waals surface area contributed by atoms with E-state index in [4.69, 9.17) is 14.9 Å². The maximum Gasteiger partial charge on any atom is 0.138 e. The summed E-state index contributed by atoms with van der Waals surface area (Å²) in [6.45, 7) is 0.317. The standard InChI is InChI=1S/C12H12FNO2/c1-15-11-4-2-8(13)6-10(11)12-5-3-9(7-14)16-12/h2-6H,7,14H2,1H3. The fraction of sp³-hybridized carbons (Fsp3) is 0.167. The molecule has 0 bridgehead atoms. The molecule has 0 radical (unpaired) electrons.